The van der Waals surface area contributed by atoms with Crippen LogP contribution < -0.4 is 4.90 Å². The second kappa shape index (κ2) is 7.39. The average Bonchev–Trinajstić information content (AvgIpc) is 3.45. The number of rotatable bonds is 4. The van der Waals surface area contributed by atoms with Crippen LogP contribution in [0.4, 0.5) is 10.1 Å². The van der Waals surface area contributed by atoms with Gasteiger partial charge in [0.15, 0.2) is 5.17 Å². The van der Waals surface area contributed by atoms with Crippen LogP contribution in [0, 0.1) is 5.82 Å². The van der Waals surface area contributed by atoms with Gasteiger partial charge in [0.05, 0.1) is 17.4 Å². The number of fused-ring (bicyclic) bond motifs is 1. The molecule has 0 amide bonds. The van der Waals surface area contributed by atoms with Gasteiger partial charge < -0.3 is 9.80 Å². The maximum Gasteiger partial charge on any atom is 0.160 e. The summed E-state index contributed by atoms with van der Waals surface area (Å²) in [6, 6.07) is 12.1. The zero-order valence-electron chi connectivity index (χ0n) is 16.1. The number of pyridine rings is 1. The minimum atomic E-state index is -0.118. The molecule has 6 heteroatoms. The van der Waals surface area contributed by atoms with E-state index in [2.05, 4.69) is 27.8 Å². The third kappa shape index (κ3) is 2.98. The average molecular weight is 397 g/mol. The van der Waals surface area contributed by atoms with E-state index in [0.29, 0.717) is 6.04 Å². The predicted molar refractivity (Wildman–Crippen MR) is 113 cm³/mol. The second-order valence-electron chi connectivity index (χ2n) is 7.74. The predicted octanol–water partition coefficient (Wildman–Crippen LogP) is 4.80. The van der Waals surface area contributed by atoms with Crippen LogP contribution in [-0.2, 0) is 0 Å². The van der Waals surface area contributed by atoms with E-state index in [9.17, 15) is 0 Å². The Labute approximate surface area is 169 Å². The minimum absolute atomic E-state index is 0.00646. The van der Waals surface area contributed by atoms with E-state index in [1.807, 2.05) is 42.2 Å². The van der Waals surface area contributed by atoms with E-state index in [0.717, 1.165) is 60.2 Å². The van der Waals surface area contributed by atoms with Gasteiger partial charge in [-0.15, -0.1) is 0 Å². The van der Waals surface area contributed by atoms with Crippen molar-refractivity contribution in [3.8, 4) is 0 Å². The van der Waals surface area contributed by atoms with Crippen LogP contribution in [-0.4, -0.2) is 39.9 Å². The molecule has 28 heavy (non-hydrogen) atoms. The molecular formula is C22H25FN4S. The summed E-state index contributed by atoms with van der Waals surface area (Å²) in [4.78, 5) is 14.2. The normalized spacial score (nSPS) is 26.6. The van der Waals surface area contributed by atoms with Crippen LogP contribution in [0.25, 0.3) is 0 Å². The largest absolute Gasteiger partial charge is 0.369 e. The molecule has 4 heterocycles. The molecule has 1 aromatic heterocycles. The highest BCUT2D eigenvalue weighted by molar-refractivity contribution is 8.14. The molecule has 146 valence electrons. The first-order chi connectivity index (χ1) is 13.8. The lowest BCUT2D eigenvalue weighted by Crippen LogP contribution is -2.35. The molecule has 2 saturated heterocycles. The van der Waals surface area contributed by atoms with Gasteiger partial charge in [-0.2, -0.15) is 0 Å². The van der Waals surface area contributed by atoms with Crippen LogP contribution in [0.5, 0.6) is 0 Å². The van der Waals surface area contributed by atoms with E-state index >= 15 is 4.39 Å². The fraction of sp³-hybridized carbons (Fsp3) is 0.455. The van der Waals surface area contributed by atoms with E-state index in [-0.39, 0.29) is 17.9 Å². The SMILES string of the molecule is CC[C@@H]1CSC2=N[C@@H](c3ccccn3)[C@H](c3ccc(N4CCCC4)c(F)c3)N21. The van der Waals surface area contributed by atoms with Crippen LogP contribution in [0.15, 0.2) is 47.6 Å². The third-order valence-electron chi connectivity index (χ3n) is 6.09. The highest BCUT2D eigenvalue weighted by Gasteiger charge is 2.45. The Morgan fingerprint density at radius 2 is 2.04 bits per heavy atom. The highest BCUT2D eigenvalue weighted by Crippen LogP contribution is 2.48. The lowest BCUT2D eigenvalue weighted by molar-refractivity contribution is 0.255. The van der Waals surface area contributed by atoms with Crippen LogP contribution in [0.2, 0.25) is 0 Å². The third-order valence-corrected chi connectivity index (χ3v) is 7.22. The van der Waals surface area contributed by atoms with Gasteiger partial charge >= 0.3 is 0 Å². The van der Waals surface area contributed by atoms with E-state index in [1.165, 1.54) is 0 Å². The Bertz CT molecular complexity index is 881. The molecule has 2 fully saturated rings. The molecule has 0 spiro atoms. The Hall–Kier alpha value is -2.08. The number of amidine groups is 1. The first kappa shape index (κ1) is 18.0. The Kier molecular flexibility index (Phi) is 4.75. The summed E-state index contributed by atoms with van der Waals surface area (Å²) < 4.78 is 15.1. The van der Waals surface area contributed by atoms with Gasteiger partial charge in [-0.1, -0.05) is 30.8 Å². The molecule has 0 radical (unpaired) electrons. The topological polar surface area (TPSA) is 31.7 Å². The fourth-order valence-corrected chi connectivity index (χ4v) is 5.97. The second-order valence-corrected chi connectivity index (χ2v) is 8.73. The molecule has 4 nitrogen and oxygen atoms in total. The fourth-order valence-electron chi connectivity index (χ4n) is 4.63. The number of aliphatic imine (C=N–C) groups is 1. The number of halogens is 1. The maximum absolute atomic E-state index is 15.1. The molecule has 0 bridgehead atoms. The summed E-state index contributed by atoms with van der Waals surface area (Å²) in [7, 11) is 0. The quantitative estimate of drug-likeness (QED) is 0.743. The van der Waals surface area contributed by atoms with Crippen LogP contribution in [0.3, 0.4) is 0 Å². The van der Waals surface area contributed by atoms with Crippen molar-refractivity contribution in [2.75, 3.05) is 23.7 Å². The zero-order valence-corrected chi connectivity index (χ0v) is 16.9. The van der Waals surface area contributed by atoms with Crippen molar-refractivity contribution in [3.63, 3.8) is 0 Å². The molecule has 2 aromatic rings. The van der Waals surface area contributed by atoms with Gasteiger partial charge in [-0.25, -0.2) is 4.39 Å². The molecule has 0 aliphatic carbocycles. The van der Waals surface area contributed by atoms with Crippen LogP contribution in [0.1, 0.15) is 49.5 Å². The lowest BCUT2D eigenvalue weighted by Gasteiger charge is -2.32. The number of hydrogen-bond donors (Lipinski definition) is 0. The van der Waals surface area contributed by atoms with Gasteiger partial charge in [0.1, 0.15) is 11.9 Å². The zero-order chi connectivity index (χ0) is 19.1. The number of aromatic nitrogens is 1. The Morgan fingerprint density at radius 3 is 2.75 bits per heavy atom. The molecule has 0 saturated carbocycles. The number of nitrogens with zero attached hydrogens (tertiary/aromatic N) is 4. The standard InChI is InChI=1S/C22H25FN4S/c1-2-16-14-28-22-25-20(18-7-3-4-10-24-18)21(27(16)22)15-8-9-19(17(23)13-15)26-11-5-6-12-26/h3-4,7-10,13,16,20-21H,2,5-6,11-12,14H2,1H3/t16-,20+,21+/m1/s1. The molecule has 5 rings (SSSR count). The number of anilines is 1. The lowest BCUT2D eigenvalue weighted by atomic mass is 9.95. The summed E-state index contributed by atoms with van der Waals surface area (Å²) in [5, 5.41) is 1.08. The van der Waals surface area contributed by atoms with Gasteiger partial charge in [-0.05, 0) is 49.1 Å². The van der Waals surface area contributed by atoms with E-state index in [1.54, 1.807) is 6.07 Å². The molecule has 3 aliphatic heterocycles. The highest BCUT2D eigenvalue weighted by atomic mass is 32.2. The Balaban J connectivity index is 1.54. The van der Waals surface area contributed by atoms with Crippen molar-refractivity contribution in [2.24, 2.45) is 4.99 Å². The van der Waals surface area contributed by atoms with Gasteiger partial charge in [0, 0.05) is 31.1 Å². The van der Waals surface area contributed by atoms with Gasteiger partial charge in [0.25, 0.3) is 0 Å². The molecule has 0 unspecified atom stereocenters. The van der Waals surface area contributed by atoms with E-state index in [4.69, 9.17) is 4.99 Å². The molecule has 3 atom stereocenters. The van der Waals surface area contributed by atoms with Gasteiger partial charge in [-0.3, -0.25) is 9.98 Å². The molecule has 1 aromatic carbocycles. The summed E-state index contributed by atoms with van der Waals surface area (Å²) in [6.07, 6.45) is 5.17. The van der Waals surface area contributed by atoms with Crippen molar-refractivity contribution in [3.05, 3.63) is 59.7 Å². The maximum atomic E-state index is 15.1. The van der Waals surface area contributed by atoms with E-state index < -0.39 is 0 Å². The van der Waals surface area contributed by atoms with Gasteiger partial charge in [0.2, 0.25) is 0 Å². The van der Waals surface area contributed by atoms with Crippen molar-refractivity contribution < 1.29 is 4.39 Å². The molecular weight excluding hydrogens is 371 g/mol. The van der Waals surface area contributed by atoms with Crippen molar-refractivity contribution >= 4 is 22.6 Å². The Morgan fingerprint density at radius 1 is 1.18 bits per heavy atom. The monoisotopic (exact) mass is 396 g/mol. The smallest absolute Gasteiger partial charge is 0.160 e. The minimum Gasteiger partial charge on any atom is -0.369 e. The first-order valence-electron chi connectivity index (χ1n) is 10.2. The first-order valence-corrected chi connectivity index (χ1v) is 11.2. The summed E-state index contributed by atoms with van der Waals surface area (Å²) in [5.74, 6) is 0.933. The molecule has 3 aliphatic rings. The van der Waals surface area contributed by atoms with Crippen molar-refractivity contribution in [1.82, 2.24) is 9.88 Å². The van der Waals surface area contributed by atoms with Crippen LogP contribution >= 0.6 is 11.8 Å². The van der Waals surface area contributed by atoms with Crippen molar-refractivity contribution in [2.45, 2.75) is 44.3 Å². The number of thioether (sulfide) groups is 1. The summed E-state index contributed by atoms with van der Waals surface area (Å²) in [5.41, 5.74) is 2.68. The van der Waals surface area contributed by atoms with Crippen molar-refractivity contribution in [1.29, 1.82) is 0 Å². The molecule has 0 N–H and O–H groups in total. The number of hydrogen-bond acceptors (Lipinski definition) is 5. The number of benzene rings is 1. The summed E-state index contributed by atoms with van der Waals surface area (Å²) >= 11 is 1.82. The summed E-state index contributed by atoms with van der Waals surface area (Å²) in [6.45, 7) is 4.12.